The maximum atomic E-state index is 10.7. The van der Waals surface area contributed by atoms with Gasteiger partial charge in [-0.25, -0.2) is 0 Å². The van der Waals surface area contributed by atoms with Crippen LogP contribution < -0.4 is 0 Å². The number of benzene rings is 1. The van der Waals surface area contributed by atoms with Gasteiger partial charge in [-0.1, -0.05) is 56.7 Å². The molecule has 4 rings (SSSR count). The van der Waals surface area contributed by atoms with E-state index in [1.807, 2.05) is 0 Å². The highest BCUT2D eigenvalue weighted by molar-refractivity contribution is 5.66. The van der Waals surface area contributed by atoms with Crippen LogP contribution in [0, 0.1) is 29.1 Å². The second kappa shape index (κ2) is 3.39. The van der Waals surface area contributed by atoms with Gasteiger partial charge >= 0.3 is 0 Å². The lowest BCUT2D eigenvalue weighted by atomic mass is 9.50. The van der Waals surface area contributed by atoms with E-state index in [4.69, 9.17) is 0 Å². The van der Waals surface area contributed by atoms with E-state index in [0.717, 1.165) is 5.92 Å². The maximum absolute atomic E-state index is 10.7. The van der Waals surface area contributed by atoms with Crippen molar-refractivity contribution < 1.29 is 5.11 Å². The Morgan fingerprint density at radius 1 is 1.15 bits per heavy atom. The average Bonchev–Trinajstić information content (AvgIpc) is 2.78. The van der Waals surface area contributed by atoms with E-state index in [1.54, 1.807) is 0 Å². The molecule has 1 aromatic rings. The lowest BCUT2D eigenvalue weighted by Crippen LogP contribution is -2.56. The molecular formula is C19H24O. The van der Waals surface area contributed by atoms with Crippen LogP contribution in [0.4, 0.5) is 0 Å². The first kappa shape index (κ1) is 12.6. The topological polar surface area (TPSA) is 20.2 Å². The van der Waals surface area contributed by atoms with Gasteiger partial charge in [-0.3, -0.25) is 0 Å². The molecule has 1 nitrogen and oxygen atoms in total. The van der Waals surface area contributed by atoms with Crippen LogP contribution >= 0.6 is 0 Å². The van der Waals surface area contributed by atoms with E-state index in [0.29, 0.717) is 5.41 Å². The van der Waals surface area contributed by atoms with E-state index in [9.17, 15) is 5.11 Å². The van der Waals surface area contributed by atoms with Crippen molar-refractivity contribution in [2.45, 2.75) is 46.6 Å². The highest BCUT2D eigenvalue weighted by Gasteiger charge is 2.89. The number of aliphatic hydroxyl groups excluding tert-OH is 1. The highest BCUT2D eigenvalue weighted by atomic mass is 16.3. The van der Waals surface area contributed by atoms with E-state index in [-0.39, 0.29) is 16.9 Å². The summed E-state index contributed by atoms with van der Waals surface area (Å²) in [6, 6.07) is 8.64. The van der Waals surface area contributed by atoms with Gasteiger partial charge < -0.3 is 5.11 Å². The van der Waals surface area contributed by atoms with Crippen molar-refractivity contribution in [2.24, 2.45) is 22.2 Å². The van der Waals surface area contributed by atoms with E-state index in [2.05, 4.69) is 58.0 Å². The summed E-state index contributed by atoms with van der Waals surface area (Å²) in [7, 11) is 0. The Hall–Kier alpha value is -1.08. The van der Waals surface area contributed by atoms with Gasteiger partial charge in [0.25, 0.3) is 0 Å². The van der Waals surface area contributed by atoms with Crippen LogP contribution in [0.2, 0.25) is 0 Å². The number of hydrogen-bond acceptors (Lipinski definition) is 1. The fourth-order valence-electron chi connectivity index (χ4n) is 5.99. The first-order valence-electron chi connectivity index (χ1n) is 7.82. The fourth-order valence-corrected chi connectivity index (χ4v) is 5.99. The van der Waals surface area contributed by atoms with E-state index < -0.39 is 0 Å². The second-order valence-electron chi connectivity index (χ2n) is 7.95. The van der Waals surface area contributed by atoms with Gasteiger partial charge in [-0.2, -0.15) is 0 Å². The molecular weight excluding hydrogens is 244 g/mol. The van der Waals surface area contributed by atoms with Crippen LogP contribution in [0.5, 0.6) is 0 Å². The molecule has 106 valence electrons. The zero-order valence-electron chi connectivity index (χ0n) is 12.9. The molecule has 3 saturated carbocycles. The van der Waals surface area contributed by atoms with Crippen molar-refractivity contribution in [3.63, 3.8) is 0 Å². The van der Waals surface area contributed by atoms with E-state index >= 15 is 0 Å². The van der Waals surface area contributed by atoms with Gasteiger partial charge in [0.2, 0.25) is 0 Å². The van der Waals surface area contributed by atoms with Crippen molar-refractivity contribution in [3.05, 3.63) is 41.0 Å². The molecule has 0 heterocycles. The molecule has 20 heavy (non-hydrogen) atoms. The standard InChI is InChI=1S/C19H24O/c1-12-5-7-13(8-6-12)11-14-16(20)18(4)10-9-15-17(2,3)19(14,15)18/h5-8,11,15-16,20H,9-10H2,1-4H3/b14-11+. The minimum Gasteiger partial charge on any atom is -0.388 e. The van der Waals surface area contributed by atoms with Crippen LogP contribution in [0.1, 0.15) is 44.7 Å². The Bertz CT molecular complexity index is 609. The Balaban J connectivity index is 1.79. The fraction of sp³-hybridized carbons (Fsp3) is 0.579. The van der Waals surface area contributed by atoms with Crippen LogP contribution in [0.15, 0.2) is 29.8 Å². The molecule has 0 radical (unpaired) electrons. The van der Waals surface area contributed by atoms with Crippen LogP contribution in [-0.4, -0.2) is 11.2 Å². The number of hydrogen-bond donors (Lipinski definition) is 1. The first-order chi connectivity index (χ1) is 9.35. The summed E-state index contributed by atoms with van der Waals surface area (Å²) < 4.78 is 0. The quantitative estimate of drug-likeness (QED) is 0.809. The van der Waals surface area contributed by atoms with Gasteiger partial charge in [0.05, 0.1) is 6.10 Å². The average molecular weight is 268 g/mol. The summed E-state index contributed by atoms with van der Waals surface area (Å²) in [4.78, 5) is 0. The molecule has 3 fully saturated rings. The molecule has 4 atom stereocenters. The Morgan fingerprint density at radius 3 is 2.40 bits per heavy atom. The van der Waals surface area contributed by atoms with Gasteiger partial charge in [-0.15, -0.1) is 0 Å². The largest absolute Gasteiger partial charge is 0.388 e. The third-order valence-corrected chi connectivity index (χ3v) is 6.93. The summed E-state index contributed by atoms with van der Waals surface area (Å²) in [5, 5.41) is 10.7. The predicted molar refractivity (Wildman–Crippen MR) is 82.2 cm³/mol. The number of rotatable bonds is 1. The van der Waals surface area contributed by atoms with Gasteiger partial charge in [-0.05, 0) is 42.2 Å². The van der Waals surface area contributed by atoms with Gasteiger partial charge in [0.1, 0.15) is 0 Å². The summed E-state index contributed by atoms with van der Waals surface area (Å²) in [5.41, 5.74) is 4.60. The molecule has 3 aliphatic carbocycles. The molecule has 0 aromatic heterocycles. The Labute approximate surface area is 121 Å². The summed E-state index contributed by atoms with van der Waals surface area (Å²) in [6.07, 6.45) is 4.49. The second-order valence-corrected chi connectivity index (χ2v) is 7.95. The van der Waals surface area contributed by atoms with Crippen molar-refractivity contribution in [3.8, 4) is 0 Å². The van der Waals surface area contributed by atoms with E-state index in [1.165, 1.54) is 29.5 Å². The zero-order chi connectivity index (χ0) is 14.3. The third-order valence-electron chi connectivity index (χ3n) is 6.93. The molecule has 0 aliphatic heterocycles. The lowest BCUT2D eigenvalue weighted by Gasteiger charge is -2.55. The SMILES string of the molecule is Cc1ccc(/C=C2\C(O)C3(C)CCC4C(C)(C)C243)cc1. The van der Waals surface area contributed by atoms with Crippen molar-refractivity contribution in [1.29, 1.82) is 0 Å². The maximum Gasteiger partial charge on any atom is 0.0821 e. The van der Waals surface area contributed by atoms with Crippen molar-refractivity contribution >= 4 is 6.08 Å². The minimum absolute atomic E-state index is 0.123. The Kier molecular flexibility index (Phi) is 2.14. The molecule has 0 amide bonds. The normalized spacial score (nSPS) is 45.8. The van der Waals surface area contributed by atoms with Gasteiger partial charge in [0.15, 0.2) is 0 Å². The van der Waals surface area contributed by atoms with Gasteiger partial charge in [0, 0.05) is 10.8 Å². The summed E-state index contributed by atoms with van der Waals surface area (Å²) in [6.45, 7) is 9.20. The first-order valence-corrected chi connectivity index (χ1v) is 7.82. The molecule has 0 bridgehead atoms. The molecule has 1 aromatic carbocycles. The predicted octanol–water partition coefficient (Wildman–Crippen LogP) is 4.20. The van der Waals surface area contributed by atoms with Crippen molar-refractivity contribution in [1.82, 2.24) is 0 Å². The molecule has 1 spiro atoms. The molecule has 1 heteroatoms. The molecule has 3 aliphatic rings. The van der Waals surface area contributed by atoms with Crippen LogP contribution in [0.3, 0.4) is 0 Å². The monoisotopic (exact) mass is 268 g/mol. The third kappa shape index (κ3) is 1.08. The zero-order valence-corrected chi connectivity index (χ0v) is 12.9. The minimum atomic E-state index is -0.240. The highest BCUT2D eigenvalue weighted by Crippen LogP contribution is 2.92. The lowest BCUT2D eigenvalue weighted by molar-refractivity contribution is -0.0694. The molecule has 0 saturated heterocycles. The van der Waals surface area contributed by atoms with Crippen LogP contribution in [-0.2, 0) is 0 Å². The number of aryl methyl sites for hydroxylation is 1. The molecule has 4 unspecified atom stereocenters. The number of aliphatic hydroxyl groups is 1. The van der Waals surface area contributed by atoms with Crippen molar-refractivity contribution in [2.75, 3.05) is 0 Å². The molecule has 1 N–H and O–H groups in total. The smallest absolute Gasteiger partial charge is 0.0821 e. The Morgan fingerprint density at radius 2 is 1.80 bits per heavy atom. The summed E-state index contributed by atoms with van der Waals surface area (Å²) in [5.74, 6) is 0.778. The van der Waals surface area contributed by atoms with Crippen LogP contribution in [0.25, 0.3) is 6.08 Å². The summed E-state index contributed by atoms with van der Waals surface area (Å²) >= 11 is 0.